The van der Waals surface area contributed by atoms with E-state index in [4.69, 9.17) is 11.6 Å². The van der Waals surface area contributed by atoms with Crippen molar-refractivity contribution in [3.63, 3.8) is 0 Å². The van der Waals surface area contributed by atoms with Crippen molar-refractivity contribution in [2.75, 3.05) is 32.8 Å². The minimum absolute atomic E-state index is 0.263. The number of benzene rings is 1. The lowest BCUT2D eigenvalue weighted by Gasteiger charge is -2.34. The lowest BCUT2D eigenvalue weighted by atomic mass is 10.0. The Hall–Kier alpha value is -0.820. The van der Waals surface area contributed by atoms with E-state index in [-0.39, 0.29) is 11.6 Å². The highest BCUT2D eigenvalue weighted by molar-refractivity contribution is 6.32. The van der Waals surface area contributed by atoms with Gasteiger partial charge in [0.15, 0.2) is 0 Å². The van der Waals surface area contributed by atoms with Gasteiger partial charge in [-0.1, -0.05) is 23.7 Å². The Labute approximate surface area is 120 Å². The zero-order chi connectivity index (χ0) is 14.8. The molecular formula is C13H16ClF3N2O. The third-order valence-corrected chi connectivity index (χ3v) is 3.88. The third-order valence-electron chi connectivity index (χ3n) is 3.46. The number of nitrogens with zero attached hydrogens (tertiary/aromatic N) is 1. The van der Waals surface area contributed by atoms with Gasteiger partial charge in [-0.3, -0.25) is 4.90 Å². The van der Waals surface area contributed by atoms with Crippen molar-refractivity contribution < 1.29 is 18.3 Å². The lowest BCUT2D eigenvalue weighted by molar-refractivity contribution is -0.137. The van der Waals surface area contributed by atoms with E-state index in [9.17, 15) is 18.3 Å². The summed E-state index contributed by atoms with van der Waals surface area (Å²) in [5.74, 6) is 0. The molecule has 3 nitrogen and oxygen atoms in total. The van der Waals surface area contributed by atoms with Crippen molar-refractivity contribution >= 4 is 11.6 Å². The van der Waals surface area contributed by atoms with Crippen LogP contribution in [0.1, 0.15) is 17.2 Å². The zero-order valence-electron chi connectivity index (χ0n) is 10.8. The largest absolute Gasteiger partial charge is 0.417 e. The predicted molar refractivity (Wildman–Crippen MR) is 70.7 cm³/mol. The van der Waals surface area contributed by atoms with E-state index in [1.807, 2.05) is 4.90 Å². The summed E-state index contributed by atoms with van der Waals surface area (Å²) in [6, 6.07) is 3.32. The molecule has 1 aliphatic heterocycles. The van der Waals surface area contributed by atoms with Gasteiger partial charge in [-0.15, -0.1) is 0 Å². The molecule has 2 N–H and O–H groups in total. The summed E-state index contributed by atoms with van der Waals surface area (Å²) < 4.78 is 38.6. The molecule has 1 heterocycles. The number of piperazine rings is 1. The van der Waals surface area contributed by atoms with Crippen LogP contribution in [0.5, 0.6) is 0 Å². The Morgan fingerprint density at radius 2 is 1.95 bits per heavy atom. The van der Waals surface area contributed by atoms with Crippen LogP contribution in [0.3, 0.4) is 0 Å². The predicted octanol–water partition coefficient (Wildman–Crippen LogP) is 2.30. The molecule has 0 aliphatic carbocycles. The van der Waals surface area contributed by atoms with Crippen LogP contribution in [0.4, 0.5) is 13.2 Å². The van der Waals surface area contributed by atoms with Gasteiger partial charge in [0.25, 0.3) is 0 Å². The molecule has 1 aromatic rings. The van der Waals surface area contributed by atoms with Crippen LogP contribution in [-0.4, -0.2) is 42.8 Å². The highest BCUT2D eigenvalue weighted by atomic mass is 35.5. The molecule has 112 valence electrons. The van der Waals surface area contributed by atoms with Crippen molar-refractivity contribution in [1.29, 1.82) is 0 Å². The molecule has 0 aromatic heterocycles. The first-order valence-corrected chi connectivity index (χ1v) is 6.74. The van der Waals surface area contributed by atoms with Gasteiger partial charge in [-0.2, -0.15) is 13.2 Å². The standard InChI is InChI=1S/C13H16ClF3N2O/c14-12-9(2-1-3-10(12)13(15,16)17)11(8-20)19-6-4-18-5-7-19/h1-3,11,18,20H,4-8H2/t11-/m0/s1. The van der Waals surface area contributed by atoms with Crippen LogP contribution in [0.15, 0.2) is 18.2 Å². The smallest absolute Gasteiger partial charge is 0.394 e. The highest BCUT2D eigenvalue weighted by Crippen LogP contribution is 2.39. The summed E-state index contributed by atoms with van der Waals surface area (Å²) in [5.41, 5.74) is -0.531. The van der Waals surface area contributed by atoms with Crippen LogP contribution in [-0.2, 0) is 6.18 Å². The first-order chi connectivity index (χ1) is 9.45. The SMILES string of the molecule is OC[C@@H](c1cccc(C(F)(F)F)c1Cl)N1CCNCC1. The number of hydrogen-bond acceptors (Lipinski definition) is 3. The second kappa shape index (κ2) is 6.30. The summed E-state index contributed by atoms with van der Waals surface area (Å²) in [6.45, 7) is 2.55. The molecule has 0 amide bonds. The fourth-order valence-corrected chi connectivity index (χ4v) is 2.79. The molecule has 1 fully saturated rings. The maximum Gasteiger partial charge on any atom is 0.417 e. The van der Waals surface area contributed by atoms with Crippen molar-refractivity contribution in [1.82, 2.24) is 10.2 Å². The zero-order valence-corrected chi connectivity index (χ0v) is 11.5. The normalized spacial score (nSPS) is 19.1. The van der Waals surface area contributed by atoms with Crippen LogP contribution >= 0.6 is 11.6 Å². The van der Waals surface area contributed by atoms with Crippen LogP contribution in [0, 0.1) is 0 Å². The van der Waals surface area contributed by atoms with E-state index >= 15 is 0 Å². The Balaban J connectivity index is 2.34. The van der Waals surface area contributed by atoms with Gasteiger partial charge in [0, 0.05) is 26.2 Å². The van der Waals surface area contributed by atoms with Gasteiger partial charge in [0.2, 0.25) is 0 Å². The van der Waals surface area contributed by atoms with E-state index < -0.39 is 17.8 Å². The van der Waals surface area contributed by atoms with Crippen LogP contribution < -0.4 is 5.32 Å². The first-order valence-electron chi connectivity index (χ1n) is 6.36. The molecule has 20 heavy (non-hydrogen) atoms. The Morgan fingerprint density at radius 3 is 2.50 bits per heavy atom. The van der Waals surface area contributed by atoms with Gasteiger partial charge in [-0.25, -0.2) is 0 Å². The number of aliphatic hydroxyl groups excluding tert-OH is 1. The maximum atomic E-state index is 12.9. The number of hydrogen-bond donors (Lipinski definition) is 2. The summed E-state index contributed by atoms with van der Waals surface area (Å²) in [6.07, 6.45) is -4.49. The fraction of sp³-hybridized carbons (Fsp3) is 0.538. The van der Waals surface area contributed by atoms with Gasteiger partial charge in [0.05, 0.1) is 23.2 Å². The molecule has 7 heteroatoms. The number of halogens is 4. The van der Waals surface area contributed by atoms with Gasteiger partial charge < -0.3 is 10.4 Å². The number of aliphatic hydroxyl groups is 1. The molecule has 0 bridgehead atoms. The fourth-order valence-electron chi connectivity index (χ4n) is 2.43. The van der Waals surface area contributed by atoms with E-state index in [2.05, 4.69) is 5.32 Å². The molecule has 0 saturated carbocycles. The molecular weight excluding hydrogens is 293 g/mol. The first kappa shape index (κ1) is 15.6. The van der Waals surface area contributed by atoms with Crippen LogP contribution in [0.25, 0.3) is 0 Å². The molecule has 1 aliphatic rings. The second-order valence-corrected chi connectivity index (χ2v) is 5.07. The molecule has 1 saturated heterocycles. The second-order valence-electron chi connectivity index (χ2n) is 4.69. The summed E-state index contributed by atoms with van der Waals surface area (Å²) >= 11 is 5.91. The molecule has 0 spiro atoms. The number of rotatable bonds is 3. The van der Waals surface area contributed by atoms with Crippen LogP contribution in [0.2, 0.25) is 5.02 Å². The molecule has 0 radical (unpaired) electrons. The van der Waals surface area contributed by atoms with E-state index in [1.54, 1.807) is 6.07 Å². The average molecular weight is 309 g/mol. The van der Waals surface area contributed by atoms with Crippen molar-refractivity contribution in [2.45, 2.75) is 12.2 Å². The van der Waals surface area contributed by atoms with E-state index in [1.165, 1.54) is 6.07 Å². The van der Waals surface area contributed by atoms with Crippen molar-refractivity contribution in [3.8, 4) is 0 Å². The lowest BCUT2D eigenvalue weighted by Crippen LogP contribution is -2.46. The Morgan fingerprint density at radius 1 is 1.30 bits per heavy atom. The monoisotopic (exact) mass is 308 g/mol. The van der Waals surface area contributed by atoms with E-state index in [0.717, 1.165) is 19.2 Å². The van der Waals surface area contributed by atoms with Crippen molar-refractivity contribution in [2.24, 2.45) is 0 Å². The number of nitrogens with one attached hydrogen (secondary N) is 1. The topological polar surface area (TPSA) is 35.5 Å². The third kappa shape index (κ3) is 3.25. The molecule has 1 aromatic carbocycles. The minimum atomic E-state index is -4.49. The summed E-state index contributed by atoms with van der Waals surface area (Å²) in [7, 11) is 0. The quantitative estimate of drug-likeness (QED) is 0.899. The average Bonchev–Trinajstić information content (AvgIpc) is 2.41. The Bertz CT molecular complexity index is 461. The minimum Gasteiger partial charge on any atom is -0.394 e. The van der Waals surface area contributed by atoms with Crippen molar-refractivity contribution in [3.05, 3.63) is 34.3 Å². The van der Waals surface area contributed by atoms with E-state index in [0.29, 0.717) is 18.7 Å². The summed E-state index contributed by atoms with van der Waals surface area (Å²) in [4.78, 5) is 1.94. The maximum absolute atomic E-state index is 12.9. The van der Waals surface area contributed by atoms with Gasteiger partial charge in [0.1, 0.15) is 0 Å². The Kier molecular flexibility index (Phi) is 4.90. The van der Waals surface area contributed by atoms with Gasteiger partial charge in [-0.05, 0) is 11.6 Å². The molecule has 2 rings (SSSR count). The molecule has 1 atom stereocenters. The van der Waals surface area contributed by atoms with Gasteiger partial charge >= 0.3 is 6.18 Å². The number of alkyl halides is 3. The summed E-state index contributed by atoms with van der Waals surface area (Å²) in [5, 5.41) is 12.4. The highest BCUT2D eigenvalue weighted by Gasteiger charge is 2.35. The molecule has 0 unspecified atom stereocenters.